The molecule has 6 heteroatoms. The number of thiazole rings is 1. The number of rotatable bonds is 5. The first-order valence-electron chi connectivity index (χ1n) is 8.97. The van der Waals surface area contributed by atoms with Gasteiger partial charge < -0.3 is 14.4 Å². The molecular weight excluding hydrogens is 348 g/mol. The van der Waals surface area contributed by atoms with E-state index in [1.165, 1.54) is 11.3 Å². The van der Waals surface area contributed by atoms with E-state index in [0.717, 1.165) is 46.3 Å². The van der Waals surface area contributed by atoms with Gasteiger partial charge in [-0.2, -0.15) is 0 Å². The zero-order valence-electron chi connectivity index (χ0n) is 15.8. The maximum Gasteiger partial charge on any atom is 0.266 e. The van der Waals surface area contributed by atoms with Crippen LogP contribution in [0.1, 0.15) is 57.7 Å². The summed E-state index contributed by atoms with van der Waals surface area (Å²) in [6.45, 7) is 5.49. The Kier molecular flexibility index (Phi) is 5.94. The van der Waals surface area contributed by atoms with Gasteiger partial charge in [-0.25, -0.2) is 4.98 Å². The van der Waals surface area contributed by atoms with Crippen LogP contribution in [0.25, 0.3) is 0 Å². The molecule has 1 amide bonds. The van der Waals surface area contributed by atoms with E-state index in [2.05, 4.69) is 4.98 Å². The van der Waals surface area contributed by atoms with E-state index in [1.807, 2.05) is 45.2 Å². The SMILES string of the molecule is COc1ccc(C(C)N(C)C(=O)c2sc(C3CCCOC3)nc2C)cc1. The largest absolute Gasteiger partial charge is 0.497 e. The first kappa shape index (κ1) is 18.9. The lowest BCUT2D eigenvalue weighted by molar-refractivity contribution is 0.0746. The molecule has 1 aliphatic heterocycles. The smallest absolute Gasteiger partial charge is 0.266 e. The summed E-state index contributed by atoms with van der Waals surface area (Å²) in [5.74, 6) is 1.15. The number of nitrogens with zero attached hydrogens (tertiary/aromatic N) is 2. The van der Waals surface area contributed by atoms with E-state index >= 15 is 0 Å². The predicted octanol–water partition coefficient (Wildman–Crippen LogP) is 4.19. The number of aryl methyl sites for hydroxylation is 1. The highest BCUT2D eigenvalue weighted by Crippen LogP contribution is 2.32. The van der Waals surface area contributed by atoms with Crippen LogP contribution in [0.5, 0.6) is 5.75 Å². The second-order valence-corrected chi connectivity index (χ2v) is 7.78. The van der Waals surface area contributed by atoms with E-state index in [4.69, 9.17) is 9.47 Å². The number of hydrogen-bond acceptors (Lipinski definition) is 5. The standard InChI is InChI=1S/C20H26N2O3S/c1-13-18(26-19(21-13)16-6-5-11-25-12-16)20(23)22(3)14(2)15-7-9-17(24-4)10-8-15/h7-10,14,16H,5-6,11-12H2,1-4H3. The quantitative estimate of drug-likeness (QED) is 0.787. The Morgan fingerprint density at radius 1 is 1.38 bits per heavy atom. The van der Waals surface area contributed by atoms with Crippen molar-refractivity contribution in [1.29, 1.82) is 0 Å². The molecule has 2 atom stereocenters. The van der Waals surface area contributed by atoms with Crippen LogP contribution in [0.15, 0.2) is 24.3 Å². The van der Waals surface area contributed by atoms with Crippen LogP contribution in [-0.2, 0) is 4.74 Å². The zero-order valence-corrected chi connectivity index (χ0v) is 16.6. The molecule has 1 saturated heterocycles. The Hall–Kier alpha value is -1.92. The van der Waals surface area contributed by atoms with E-state index in [1.54, 1.807) is 12.0 Å². The third-order valence-electron chi connectivity index (χ3n) is 5.02. The van der Waals surface area contributed by atoms with Gasteiger partial charge in [-0.3, -0.25) is 4.79 Å². The van der Waals surface area contributed by atoms with Crippen molar-refractivity contribution >= 4 is 17.2 Å². The van der Waals surface area contributed by atoms with Gasteiger partial charge >= 0.3 is 0 Å². The van der Waals surface area contributed by atoms with Gasteiger partial charge in [0.15, 0.2) is 0 Å². The summed E-state index contributed by atoms with van der Waals surface area (Å²) in [5.41, 5.74) is 1.89. The van der Waals surface area contributed by atoms with Crippen molar-refractivity contribution in [3.63, 3.8) is 0 Å². The van der Waals surface area contributed by atoms with Crippen LogP contribution < -0.4 is 4.74 Å². The summed E-state index contributed by atoms with van der Waals surface area (Å²) >= 11 is 1.52. The summed E-state index contributed by atoms with van der Waals surface area (Å²) < 4.78 is 10.8. The molecule has 0 N–H and O–H groups in total. The summed E-state index contributed by atoms with van der Waals surface area (Å²) in [4.78, 5) is 20.2. The fourth-order valence-electron chi connectivity index (χ4n) is 3.17. The highest BCUT2D eigenvalue weighted by atomic mass is 32.1. The third kappa shape index (κ3) is 3.91. The summed E-state index contributed by atoms with van der Waals surface area (Å²) in [7, 11) is 3.50. The van der Waals surface area contributed by atoms with Crippen molar-refractivity contribution in [3.05, 3.63) is 45.4 Å². The van der Waals surface area contributed by atoms with Gasteiger partial charge in [-0.05, 0) is 44.4 Å². The van der Waals surface area contributed by atoms with Crippen LogP contribution in [0, 0.1) is 6.92 Å². The van der Waals surface area contributed by atoms with Crippen molar-refractivity contribution in [3.8, 4) is 5.75 Å². The van der Waals surface area contributed by atoms with E-state index in [9.17, 15) is 4.79 Å². The number of carbonyl (C=O) groups excluding carboxylic acids is 1. The maximum absolute atomic E-state index is 13.0. The Morgan fingerprint density at radius 3 is 2.73 bits per heavy atom. The van der Waals surface area contributed by atoms with Crippen LogP contribution in [0.4, 0.5) is 0 Å². The van der Waals surface area contributed by atoms with E-state index in [-0.39, 0.29) is 11.9 Å². The lowest BCUT2D eigenvalue weighted by Gasteiger charge is -2.25. The molecule has 5 nitrogen and oxygen atoms in total. The highest BCUT2D eigenvalue weighted by Gasteiger charge is 2.26. The number of hydrogen-bond donors (Lipinski definition) is 0. The van der Waals surface area contributed by atoms with Crippen molar-refractivity contribution in [2.24, 2.45) is 0 Å². The van der Waals surface area contributed by atoms with Gasteiger partial charge in [-0.1, -0.05) is 12.1 Å². The Bertz CT molecular complexity index is 751. The van der Waals surface area contributed by atoms with E-state index in [0.29, 0.717) is 12.5 Å². The van der Waals surface area contributed by atoms with Gasteiger partial charge in [0.1, 0.15) is 10.6 Å². The summed E-state index contributed by atoms with van der Waals surface area (Å²) in [6, 6.07) is 7.80. The molecule has 0 radical (unpaired) electrons. The predicted molar refractivity (Wildman–Crippen MR) is 103 cm³/mol. The highest BCUT2D eigenvalue weighted by molar-refractivity contribution is 7.13. The first-order valence-corrected chi connectivity index (χ1v) is 9.79. The van der Waals surface area contributed by atoms with Crippen molar-refractivity contribution in [2.45, 2.75) is 38.6 Å². The molecule has 1 fully saturated rings. The second-order valence-electron chi connectivity index (χ2n) is 6.75. The lowest BCUT2D eigenvalue weighted by Crippen LogP contribution is -2.29. The van der Waals surface area contributed by atoms with Crippen LogP contribution >= 0.6 is 11.3 Å². The Balaban J connectivity index is 1.75. The van der Waals surface area contributed by atoms with Crippen molar-refractivity contribution in [2.75, 3.05) is 27.4 Å². The molecule has 1 aromatic heterocycles. The second kappa shape index (κ2) is 8.18. The van der Waals surface area contributed by atoms with Crippen LogP contribution in [0.2, 0.25) is 0 Å². The normalized spacial score (nSPS) is 18.4. The number of methoxy groups -OCH3 is 1. The molecule has 0 aliphatic carbocycles. The number of amides is 1. The first-order chi connectivity index (χ1) is 12.5. The summed E-state index contributed by atoms with van der Waals surface area (Å²) in [6.07, 6.45) is 2.14. The molecular formula is C20H26N2O3S. The van der Waals surface area contributed by atoms with Gasteiger partial charge in [0.2, 0.25) is 0 Å². The molecule has 1 aromatic carbocycles. The zero-order chi connectivity index (χ0) is 18.7. The molecule has 140 valence electrons. The molecule has 3 rings (SSSR count). The lowest BCUT2D eigenvalue weighted by atomic mass is 10.0. The summed E-state index contributed by atoms with van der Waals surface area (Å²) in [5, 5.41) is 1.02. The molecule has 0 saturated carbocycles. The molecule has 2 heterocycles. The van der Waals surface area contributed by atoms with Crippen LogP contribution in [-0.4, -0.2) is 43.2 Å². The monoisotopic (exact) mass is 374 g/mol. The van der Waals surface area contributed by atoms with Crippen LogP contribution in [0.3, 0.4) is 0 Å². The Labute approximate surface area is 159 Å². The maximum atomic E-state index is 13.0. The average molecular weight is 375 g/mol. The third-order valence-corrected chi connectivity index (χ3v) is 6.32. The molecule has 2 aromatic rings. The minimum Gasteiger partial charge on any atom is -0.497 e. The molecule has 26 heavy (non-hydrogen) atoms. The minimum absolute atomic E-state index is 0.0197. The molecule has 2 unspecified atom stereocenters. The van der Waals surface area contributed by atoms with Gasteiger partial charge in [0.25, 0.3) is 5.91 Å². The average Bonchev–Trinajstić information content (AvgIpc) is 3.08. The van der Waals surface area contributed by atoms with Gasteiger partial charge in [0, 0.05) is 19.6 Å². The number of carbonyl (C=O) groups is 1. The van der Waals surface area contributed by atoms with Crippen molar-refractivity contribution < 1.29 is 14.3 Å². The molecule has 0 spiro atoms. The molecule has 0 bridgehead atoms. The van der Waals surface area contributed by atoms with Gasteiger partial charge in [0.05, 0.1) is 30.5 Å². The Morgan fingerprint density at radius 2 is 2.12 bits per heavy atom. The van der Waals surface area contributed by atoms with E-state index < -0.39 is 0 Å². The molecule has 1 aliphatic rings. The fourth-order valence-corrected chi connectivity index (χ4v) is 4.34. The fraction of sp³-hybridized carbons (Fsp3) is 0.500. The number of ether oxygens (including phenoxy) is 2. The van der Waals surface area contributed by atoms with Gasteiger partial charge in [-0.15, -0.1) is 11.3 Å². The number of aromatic nitrogens is 1. The number of benzene rings is 1. The topological polar surface area (TPSA) is 51.7 Å². The van der Waals surface area contributed by atoms with Crippen molar-refractivity contribution in [1.82, 2.24) is 9.88 Å². The minimum atomic E-state index is -0.0311.